The number of carbonyl (C=O) groups excluding carboxylic acids is 1. The maximum Gasteiger partial charge on any atom is 0.334 e. The summed E-state index contributed by atoms with van der Waals surface area (Å²) in [5.41, 5.74) is 0.309. The summed E-state index contributed by atoms with van der Waals surface area (Å²) < 4.78 is 9.35. The van der Waals surface area contributed by atoms with E-state index in [1.54, 1.807) is 0 Å². The van der Waals surface area contributed by atoms with Crippen molar-refractivity contribution in [3.63, 3.8) is 0 Å². The molecule has 1 aromatic carbocycles. The first-order valence-corrected chi connectivity index (χ1v) is 6.37. The van der Waals surface area contributed by atoms with E-state index in [9.17, 15) is 4.79 Å². The zero-order valence-electron chi connectivity index (χ0n) is 12.1. The van der Waals surface area contributed by atoms with Gasteiger partial charge in [0.05, 0.1) is 6.08 Å². The van der Waals surface area contributed by atoms with E-state index < -0.39 is 11.6 Å². The number of rotatable bonds is 8. The van der Waals surface area contributed by atoms with E-state index in [4.69, 9.17) is 20.9 Å². The van der Waals surface area contributed by atoms with Crippen LogP contribution in [-0.4, -0.2) is 19.2 Å². The molecule has 0 aromatic heterocycles. The smallest absolute Gasteiger partial charge is 0.334 e. The minimum absolute atomic E-state index is 0.0732. The van der Waals surface area contributed by atoms with Gasteiger partial charge in [0, 0.05) is 0 Å². The van der Waals surface area contributed by atoms with Crippen LogP contribution in [0.5, 0.6) is 0 Å². The highest BCUT2D eigenvalue weighted by molar-refractivity contribution is 5.81. The second kappa shape index (κ2) is 8.67. The monoisotopic (exact) mass is 290 g/mol. The van der Waals surface area contributed by atoms with E-state index in [0.717, 1.165) is 17.9 Å². The standard InChI is InChI=1S/C16H18O5/c1-4-18-12-13-19-15(17)10-11-20-21-16(2,3)14-8-6-5-7-9-14/h1,5-11H,12-13H2,2-3H3. The zero-order valence-corrected chi connectivity index (χ0v) is 12.1. The lowest BCUT2D eigenvalue weighted by Gasteiger charge is -2.22. The lowest BCUT2D eigenvalue weighted by Crippen LogP contribution is -2.20. The SMILES string of the molecule is C#COCCOC(=O)C=COOC(C)(C)c1ccccc1. The predicted molar refractivity (Wildman–Crippen MR) is 76.5 cm³/mol. The molecular formula is C16H18O5. The van der Waals surface area contributed by atoms with Crippen molar-refractivity contribution >= 4 is 5.97 Å². The molecule has 0 aliphatic rings. The molecule has 112 valence electrons. The molecule has 0 aliphatic heterocycles. The van der Waals surface area contributed by atoms with Gasteiger partial charge < -0.3 is 14.4 Å². The molecule has 5 nitrogen and oxygen atoms in total. The molecular weight excluding hydrogens is 272 g/mol. The molecule has 0 heterocycles. The number of terminal acetylenes is 1. The summed E-state index contributed by atoms with van der Waals surface area (Å²) in [7, 11) is 0. The Morgan fingerprint density at radius 1 is 1.29 bits per heavy atom. The Bertz CT molecular complexity index is 499. The molecule has 0 bridgehead atoms. The normalized spacial score (nSPS) is 10.9. The van der Waals surface area contributed by atoms with Crippen LogP contribution in [0, 0.1) is 12.5 Å². The molecule has 0 saturated carbocycles. The molecule has 0 unspecified atom stereocenters. The molecule has 5 heteroatoms. The Hall–Kier alpha value is -2.45. The topological polar surface area (TPSA) is 54.0 Å². The molecule has 0 atom stereocenters. The minimum atomic E-state index is -0.643. The molecule has 0 N–H and O–H groups in total. The Morgan fingerprint density at radius 2 is 2.00 bits per heavy atom. The van der Waals surface area contributed by atoms with Crippen molar-refractivity contribution in [3.8, 4) is 12.5 Å². The van der Waals surface area contributed by atoms with E-state index >= 15 is 0 Å². The minimum Gasteiger partial charge on any atom is -0.459 e. The fourth-order valence-corrected chi connectivity index (χ4v) is 1.41. The van der Waals surface area contributed by atoms with Gasteiger partial charge in [-0.15, -0.1) is 0 Å². The average molecular weight is 290 g/mol. The quantitative estimate of drug-likeness (QED) is 0.140. The third-order valence-electron chi connectivity index (χ3n) is 2.50. The largest absolute Gasteiger partial charge is 0.459 e. The molecule has 1 rings (SSSR count). The second-order valence-electron chi connectivity index (χ2n) is 4.49. The number of carbonyl (C=O) groups is 1. The summed E-state index contributed by atoms with van der Waals surface area (Å²) in [6.07, 6.45) is 9.07. The third kappa shape index (κ3) is 6.50. The highest BCUT2D eigenvalue weighted by Crippen LogP contribution is 2.24. The van der Waals surface area contributed by atoms with Crippen LogP contribution in [0.2, 0.25) is 0 Å². The summed E-state index contributed by atoms with van der Waals surface area (Å²) in [6.45, 7) is 3.93. The maximum absolute atomic E-state index is 11.2. The molecule has 0 fully saturated rings. The Kier molecular flexibility index (Phi) is 6.85. The first-order valence-electron chi connectivity index (χ1n) is 6.37. The zero-order chi connectivity index (χ0) is 15.6. The van der Waals surface area contributed by atoms with Crippen LogP contribution in [-0.2, 0) is 29.6 Å². The van der Waals surface area contributed by atoms with Crippen molar-refractivity contribution in [2.75, 3.05) is 13.2 Å². The summed E-state index contributed by atoms with van der Waals surface area (Å²) in [5, 5.41) is 0. The summed E-state index contributed by atoms with van der Waals surface area (Å²) in [4.78, 5) is 21.4. The van der Waals surface area contributed by atoms with E-state index in [2.05, 4.69) is 4.74 Å². The average Bonchev–Trinajstić information content (AvgIpc) is 2.49. The molecule has 0 amide bonds. The van der Waals surface area contributed by atoms with Gasteiger partial charge in [-0.05, 0) is 19.4 Å². The summed E-state index contributed by atoms with van der Waals surface area (Å²) in [6, 6.07) is 9.58. The van der Waals surface area contributed by atoms with Crippen molar-refractivity contribution in [2.24, 2.45) is 0 Å². The van der Waals surface area contributed by atoms with Gasteiger partial charge in [0.15, 0.2) is 0 Å². The Balaban J connectivity index is 2.31. The predicted octanol–water partition coefficient (Wildman–Crippen LogP) is 2.53. The Morgan fingerprint density at radius 3 is 2.67 bits per heavy atom. The first-order chi connectivity index (χ1) is 10.1. The van der Waals surface area contributed by atoms with Gasteiger partial charge in [-0.25, -0.2) is 4.79 Å². The van der Waals surface area contributed by atoms with Crippen molar-refractivity contribution < 1.29 is 24.0 Å². The highest BCUT2D eigenvalue weighted by atomic mass is 17.2. The number of hydrogen-bond donors (Lipinski definition) is 0. The molecule has 0 saturated heterocycles. The van der Waals surface area contributed by atoms with Gasteiger partial charge in [0.1, 0.15) is 31.2 Å². The summed E-state index contributed by atoms with van der Waals surface area (Å²) >= 11 is 0. The molecule has 1 aromatic rings. The first kappa shape index (κ1) is 16.6. The van der Waals surface area contributed by atoms with Crippen LogP contribution in [0.3, 0.4) is 0 Å². The third-order valence-corrected chi connectivity index (χ3v) is 2.50. The van der Waals surface area contributed by atoms with E-state index in [1.807, 2.05) is 50.3 Å². The lowest BCUT2D eigenvalue weighted by molar-refractivity contribution is -0.321. The van der Waals surface area contributed by atoms with Crippen molar-refractivity contribution in [1.82, 2.24) is 0 Å². The highest BCUT2D eigenvalue weighted by Gasteiger charge is 2.22. The summed E-state index contributed by atoms with van der Waals surface area (Å²) in [5.74, 6) is -0.572. The van der Waals surface area contributed by atoms with Crippen LogP contribution in [0.1, 0.15) is 19.4 Å². The van der Waals surface area contributed by atoms with Crippen LogP contribution in [0.4, 0.5) is 0 Å². The number of ether oxygens (including phenoxy) is 2. The van der Waals surface area contributed by atoms with E-state index in [0.29, 0.717) is 0 Å². The van der Waals surface area contributed by atoms with E-state index in [-0.39, 0.29) is 13.2 Å². The van der Waals surface area contributed by atoms with Crippen LogP contribution in [0.15, 0.2) is 42.7 Å². The van der Waals surface area contributed by atoms with E-state index in [1.165, 1.54) is 0 Å². The maximum atomic E-state index is 11.2. The Labute approximate surface area is 124 Å². The number of esters is 1. The van der Waals surface area contributed by atoms with Crippen molar-refractivity contribution in [1.29, 1.82) is 0 Å². The molecule has 0 radical (unpaired) electrons. The van der Waals surface area contributed by atoms with Crippen molar-refractivity contribution in [2.45, 2.75) is 19.4 Å². The second-order valence-corrected chi connectivity index (χ2v) is 4.49. The van der Waals surface area contributed by atoms with Gasteiger partial charge >= 0.3 is 5.97 Å². The van der Waals surface area contributed by atoms with Crippen molar-refractivity contribution in [3.05, 3.63) is 48.2 Å². The number of benzene rings is 1. The van der Waals surface area contributed by atoms with Crippen LogP contribution < -0.4 is 0 Å². The van der Waals surface area contributed by atoms with Gasteiger partial charge in [-0.1, -0.05) is 36.8 Å². The van der Waals surface area contributed by atoms with Gasteiger partial charge in [-0.3, -0.25) is 0 Å². The van der Waals surface area contributed by atoms with Crippen LogP contribution in [0.25, 0.3) is 0 Å². The number of hydrogen-bond acceptors (Lipinski definition) is 5. The van der Waals surface area contributed by atoms with Gasteiger partial charge in [-0.2, -0.15) is 4.89 Å². The fourth-order valence-electron chi connectivity index (χ4n) is 1.41. The van der Waals surface area contributed by atoms with Crippen LogP contribution >= 0.6 is 0 Å². The van der Waals surface area contributed by atoms with Gasteiger partial charge in [0.25, 0.3) is 0 Å². The molecule has 0 spiro atoms. The van der Waals surface area contributed by atoms with Gasteiger partial charge in [0.2, 0.25) is 0 Å². The fraction of sp³-hybridized carbons (Fsp3) is 0.312. The lowest BCUT2D eigenvalue weighted by atomic mass is 9.99. The molecule has 0 aliphatic carbocycles. The molecule has 21 heavy (non-hydrogen) atoms.